The number of hydrogen-bond acceptors (Lipinski definition) is 4. The van der Waals surface area contributed by atoms with Gasteiger partial charge in [-0.3, -0.25) is 4.79 Å². The van der Waals surface area contributed by atoms with Gasteiger partial charge in [0.25, 0.3) is 0 Å². The van der Waals surface area contributed by atoms with E-state index in [4.69, 9.17) is 0 Å². The second-order valence-electron chi connectivity index (χ2n) is 1.68. The van der Waals surface area contributed by atoms with Gasteiger partial charge in [0, 0.05) is 5.38 Å². The van der Waals surface area contributed by atoms with Gasteiger partial charge >= 0.3 is 5.97 Å². The van der Waals surface area contributed by atoms with Crippen molar-refractivity contribution < 1.29 is 9.53 Å². The average molecular weight is 156 g/mol. The van der Waals surface area contributed by atoms with E-state index in [1.54, 1.807) is 5.38 Å². The van der Waals surface area contributed by atoms with E-state index >= 15 is 0 Å². The summed E-state index contributed by atoms with van der Waals surface area (Å²) < 4.78 is 4.44. The summed E-state index contributed by atoms with van der Waals surface area (Å²) >= 11 is 1.35. The summed E-state index contributed by atoms with van der Waals surface area (Å²) in [7, 11) is 1.36. The van der Waals surface area contributed by atoms with Gasteiger partial charge in [-0.2, -0.15) is 0 Å². The quantitative estimate of drug-likeness (QED) is 0.590. The molecule has 4 heteroatoms. The Morgan fingerprint density at radius 2 is 2.80 bits per heavy atom. The van der Waals surface area contributed by atoms with Crippen LogP contribution in [-0.4, -0.2) is 18.1 Å². The molecule has 0 aliphatic heterocycles. The highest BCUT2D eigenvalue weighted by Crippen LogP contribution is 2.00. The molecule has 0 amide bonds. The van der Waals surface area contributed by atoms with E-state index in [9.17, 15) is 4.79 Å². The molecular formula is C6H6NO2S. The fourth-order valence-corrected chi connectivity index (χ4v) is 1.00. The molecule has 0 aliphatic rings. The smallest absolute Gasteiger partial charge is 0.311 e. The molecule has 1 aromatic rings. The van der Waals surface area contributed by atoms with Gasteiger partial charge in [0.1, 0.15) is 0 Å². The van der Waals surface area contributed by atoms with Crippen LogP contribution in [0.2, 0.25) is 0 Å². The lowest BCUT2D eigenvalue weighted by Gasteiger charge is -1.92. The normalized spacial score (nSPS) is 9.30. The summed E-state index contributed by atoms with van der Waals surface area (Å²) in [5.41, 5.74) is 3.36. The average Bonchev–Trinajstić information content (AvgIpc) is 2.40. The lowest BCUT2D eigenvalue weighted by Crippen LogP contribution is -2.04. The highest BCUT2D eigenvalue weighted by Gasteiger charge is 2.02. The molecule has 0 aromatic carbocycles. The van der Waals surface area contributed by atoms with Gasteiger partial charge in [0.05, 0.1) is 19.2 Å². The van der Waals surface area contributed by atoms with Gasteiger partial charge in [-0.15, -0.1) is 11.3 Å². The van der Waals surface area contributed by atoms with Crippen LogP contribution in [0.15, 0.2) is 5.38 Å². The van der Waals surface area contributed by atoms with Gasteiger partial charge in [0.2, 0.25) is 0 Å². The molecule has 53 valence electrons. The Hall–Kier alpha value is -0.900. The molecule has 0 aliphatic carbocycles. The lowest BCUT2D eigenvalue weighted by atomic mass is 10.3. The monoisotopic (exact) mass is 156 g/mol. The summed E-state index contributed by atoms with van der Waals surface area (Å²) in [6.07, 6.45) is 0.247. The maximum absolute atomic E-state index is 10.6. The Kier molecular flexibility index (Phi) is 2.39. The molecule has 1 radical (unpaired) electrons. The fourth-order valence-electron chi connectivity index (χ4n) is 0.507. The molecule has 0 N–H and O–H groups in total. The van der Waals surface area contributed by atoms with Crippen molar-refractivity contribution in [3.05, 3.63) is 16.6 Å². The standard InChI is InChI=1S/C6H6NO2S/c1-9-6(8)2-5-3-10-4-7-5/h3H,2H2,1H3. The first kappa shape index (κ1) is 7.21. The minimum absolute atomic E-state index is 0.247. The molecule has 0 saturated heterocycles. The number of rotatable bonds is 2. The van der Waals surface area contributed by atoms with Crippen LogP contribution in [0, 0.1) is 5.51 Å². The maximum Gasteiger partial charge on any atom is 0.311 e. The maximum atomic E-state index is 10.6. The Bertz CT molecular complexity index is 208. The van der Waals surface area contributed by atoms with Gasteiger partial charge in [-0.25, -0.2) is 4.98 Å². The minimum Gasteiger partial charge on any atom is -0.469 e. The number of carbonyl (C=O) groups is 1. The number of aromatic nitrogens is 1. The molecule has 3 nitrogen and oxygen atoms in total. The summed E-state index contributed by atoms with van der Waals surface area (Å²) in [5, 5.41) is 1.77. The zero-order valence-electron chi connectivity index (χ0n) is 5.46. The van der Waals surface area contributed by atoms with Crippen LogP contribution >= 0.6 is 11.3 Å². The number of methoxy groups -OCH3 is 1. The lowest BCUT2D eigenvalue weighted by molar-refractivity contribution is -0.139. The Morgan fingerprint density at radius 3 is 3.30 bits per heavy atom. The summed E-state index contributed by atoms with van der Waals surface area (Å²) in [6.45, 7) is 0. The predicted molar refractivity (Wildman–Crippen MR) is 36.7 cm³/mol. The molecule has 1 aromatic heterocycles. The Labute approximate surface area is 62.7 Å². The van der Waals surface area contributed by atoms with Gasteiger partial charge in [-0.05, 0) is 0 Å². The van der Waals surface area contributed by atoms with E-state index in [0.717, 1.165) is 5.69 Å². The first-order chi connectivity index (χ1) is 4.83. The fraction of sp³-hybridized carbons (Fsp3) is 0.333. The van der Waals surface area contributed by atoms with E-state index in [1.807, 2.05) is 0 Å². The van der Waals surface area contributed by atoms with Crippen molar-refractivity contribution in [2.75, 3.05) is 7.11 Å². The van der Waals surface area contributed by atoms with Crippen molar-refractivity contribution in [1.29, 1.82) is 0 Å². The van der Waals surface area contributed by atoms with Gasteiger partial charge in [-0.1, -0.05) is 0 Å². The topological polar surface area (TPSA) is 39.2 Å². The summed E-state index contributed by atoms with van der Waals surface area (Å²) in [5.74, 6) is -0.265. The molecule has 0 fully saturated rings. The van der Waals surface area contributed by atoms with E-state index in [-0.39, 0.29) is 12.4 Å². The van der Waals surface area contributed by atoms with Crippen LogP contribution in [0.25, 0.3) is 0 Å². The predicted octanol–water partition coefficient (Wildman–Crippen LogP) is 0.659. The summed E-state index contributed by atoms with van der Waals surface area (Å²) in [4.78, 5) is 14.4. The molecule has 0 atom stereocenters. The second-order valence-corrected chi connectivity index (χ2v) is 2.34. The third-order valence-electron chi connectivity index (χ3n) is 0.990. The number of nitrogens with zero attached hydrogens (tertiary/aromatic N) is 1. The number of hydrogen-bond donors (Lipinski definition) is 0. The van der Waals surface area contributed by atoms with Crippen molar-refractivity contribution in [2.24, 2.45) is 0 Å². The van der Waals surface area contributed by atoms with Crippen molar-refractivity contribution in [3.63, 3.8) is 0 Å². The number of ether oxygens (including phenoxy) is 1. The van der Waals surface area contributed by atoms with E-state index in [1.165, 1.54) is 18.4 Å². The molecule has 1 heterocycles. The molecule has 0 unspecified atom stereocenters. The molecule has 0 spiro atoms. The first-order valence-corrected chi connectivity index (χ1v) is 3.58. The first-order valence-electron chi connectivity index (χ1n) is 2.70. The molecular weight excluding hydrogens is 150 g/mol. The number of esters is 1. The number of thiazole rings is 1. The van der Waals surface area contributed by atoms with Crippen molar-refractivity contribution in [3.8, 4) is 0 Å². The van der Waals surface area contributed by atoms with Crippen LogP contribution in [0.5, 0.6) is 0 Å². The van der Waals surface area contributed by atoms with Crippen molar-refractivity contribution in [1.82, 2.24) is 4.98 Å². The summed E-state index contributed by atoms with van der Waals surface area (Å²) in [6, 6.07) is 0. The highest BCUT2D eigenvalue weighted by atomic mass is 32.1. The van der Waals surface area contributed by atoms with E-state index < -0.39 is 0 Å². The minimum atomic E-state index is -0.265. The van der Waals surface area contributed by atoms with Crippen molar-refractivity contribution >= 4 is 17.3 Å². The Balaban J connectivity index is 2.48. The molecule has 10 heavy (non-hydrogen) atoms. The van der Waals surface area contributed by atoms with E-state index in [2.05, 4.69) is 15.2 Å². The van der Waals surface area contributed by atoms with Crippen molar-refractivity contribution in [2.45, 2.75) is 6.42 Å². The third kappa shape index (κ3) is 1.80. The highest BCUT2D eigenvalue weighted by molar-refractivity contribution is 7.07. The van der Waals surface area contributed by atoms with Crippen LogP contribution < -0.4 is 0 Å². The molecule has 0 saturated carbocycles. The van der Waals surface area contributed by atoms with Crippen LogP contribution in [-0.2, 0) is 16.0 Å². The van der Waals surface area contributed by atoms with E-state index in [0.29, 0.717) is 0 Å². The van der Waals surface area contributed by atoms with Crippen LogP contribution in [0.1, 0.15) is 5.69 Å². The zero-order valence-corrected chi connectivity index (χ0v) is 6.27. The third-order valence-corrected chi connectivity index (χ3v) is 1.58. The SMILES string of the molecule is COC(=O)Cc1cs[c]n1. The zero-order chi connectivity index (χ0) is 7.40. The van der Waals surface area contributed by atoms with Gasteiger partial charge < -0.3 is 4.74 Å². The molecule has 0 bridgehead atoms. The van der Waals surface area contributed by atoms with Crippen LogP contribution in [0.3, 0.4) is 0 Å². The number of carbonyl (C=O) groups excluding carboxylic acids is 1. The van der Waals surface area contributed by atoms with Crippen LogP contribution in [0.4, 0.5) is 0 Å². The second kappa shape index (κ2) is 3.31. The largest absolute Gasteiger partial charge is 0.469 e. The Morgan fingerprint density at radius 1 is 2.00 bits per heavy atom. The molecule has 1 rings (SSSR count). The van der Waals surface area contributed by atoms with Gasteiger partial charge in [0.15, 0.2) is 5.51 Å².